The summed E-state index contributed by atoms with van der Waals surface area (Å²) in [4.78, 5) is 18.0. The van der Waals surface area contributed by atoms with E-state index in [0.29, 0.717) is 53.7 Å². The summed E-state index contributed by atoms with van der Waals surface area (Å²) in [7, 11) is 1.50. The van der Waals surface area contributed by atoms with Gasteiger partial charge in [-0.25, -0.2) is 4.39 Å². The molecule has 0 spiro atoms. The lowest BCUT2D eigenvalue weighted by Gasteiger charge is -2.35. The summed E-state index contributed by atoms with van der Waals surface area (Å²) >= 11 is 0. The third kappa shape index (κ3) is 7.50. The van der Waals surface area contributed by atoms with Crippen LogP contribution in [0.5, 0.6) is 5.75 Å². The van der Waals surface area contributed by atoms with Gasteiger partial charge in [-0.1, -0.05) is 11.8 Å². The van der Waals surface area contributed by atoms with Crippen molar-refractivity contribution in [1.29, 1.82) is 0 Å². The third-order valence-electron chi connectivity index (χ3n) is 7.39. The number of methoxy groups -OCH3 is 1. The van der Waals surface area contributed by atoms with E-state index in [9.17, 15) is 36.2 Å². The molecule has 1 saturated heterocycles. The molecule has 4 rings (SSSR count). The van der Waals surface area contributed by atoms with Crippen LogP contribution in [-0.4, -0.2) is 47.7 Å². The van der Waals surface area contributed by atoms with Crippen molar-refractivity contribution in [3.8, 4) is 17.6 Å². The lowest BCUT2D eigenvalue weighted by atomic mass is 9.81. The van der Waals surface area contributed by atoms with Crippen molar-refractivity contribution < 1.29 is 45.4 Å². The standard InChI is InChI=1S/C30H27F7N2O3/c1-42-22-5-7-27-24(16-22)23(8-10-38-27)26(31)6-4-19-9-12-39(17-25(19)28(40)41)11-2-3-18-13-20(29(32,33)34)15-21(14-18)30(35,36)37/h5,7-8,10,13-16,19,25-26H,4,6,9,11-12,17H2,1H3,(H,40,41)/t19-,25+,26-/m1/s1. The number of carbonyl (C=O) groups is 1. The number of ether oxygens (including phenoxy) is 1. The minimum atomic E-state index is -4.98. The Balaban J connectivity index is 1.41. The Morgan fingerprint density at radius 3 is 2.40 bits per heavy atom. The quantitative estimate of drug-likeness (QED) is 0.232. The molecule has 3 aromatic rings. The lowest BCUT2D eigenvalue weighted by Crippen LogP contribution is -2.44. The number of halogens is 7. The highest BCUT2D eigenvalue weighted by atomic mass is 19.4. The summed E-state index contributed by atoms with van der Waals surface area (Å²) < 4.78 is 99.3. The van der Waals surface area contributed by atoms with E-state index in [1.807, 2.05) is 0 Å². The van der Waals surface area contributed by atoms with Crippen LogP contribution in [0.2, 0.25) is 0 Å². The number of fused-ring (bicyclic) bond motifs is 1. The van der Waals surface area contributed by atoms with Crippen molar-refractivity contribution in [3.63, 3.8) is 0 Å². The first-order valence-corrected chi connectivity index (χ1v) is 13.1. The van der Waals surface area contributed by atoms with Crippen LogP contribution in [0.25, 0.3) is 10.9 Å². The molecule has 224 valence electrons. The van der Waals surface area contributed by atoms with Crippen LogP contribution in [-0.2, 0) is 17.1 Å². The Hall–Kier alpha value is -3.85. The molecule has 1 fully saturated rings. The highest BCUT2D eigenvalue weighted by Gasteiger charge is 2.37. The molecule has 42 heavy (non-hydrogen) atoms. The second-order valence-electron chi connectivity index (χ2n) is 10.2. The zero-order valence-electron chi connectivity index (χ0n) is 22.4. The number of carboxylic acid groups (broad SMARTS) is 1. The summed E-state index contributed by atoms with van der Waals surface area (Å²) in [5, 5.41) is 10.4. The topological polar surface area (TPSA) is 62.7 Å². The van der Waals surface area contributed by atoms with E-state index in [1.54, 1.807) is 29.2 Å². The van der Waals surface area contributed by atoms with E-state index in [-0.39, 0.29) is 31.5 Å². The molecule has 3 atom stereocenters. The molecule has 0 amide bonds. The summed E-state index contributed by atoms with van der Waals surface area (Å²) in [5.74, 6) is 3.24. The average Bonchev–Trinajstić information content (AvgIpc) is 2.94. The number of hydrogen-bond acceptors (Lipinski definition) is 4. The van der Waals surface area contributed by atoms with Gasteiger partial charge in [0.15, 0.2) is 0 Å². The number of pyridine rings is 1. The Kier molecular flexibility index (Phi) is 9.30. The number of nitrogens with zero attached hydrogens (tertiary/aromatic N) is 2. The van der Waals surface area contributed by atoms with E-state index < -0.39 is 47.1 Å². The second-order valence-corrected chi connectivity index (χ2v) is 10.2. The minimum absolute atomic E-state index is 0.0311. The molecule has 1 aliphatic rings. The molecular formula is C30H27F7N2O3. The van der Waals surface area contributed by atoms with Gasteiger partial charge in [0.05, 0.1) is 36.2 Å². The fourth-order valence-corrected chi connectivity index (χ4v) is 5.18. The van der Waals surface area contributed by atoms with Gasteiger partial charge in [0.2, 0.25) is 0 Å². The highest BCUT2D eigenvalue weighted by molar-refractivity contribution is 5.83. The van der Waals surface area contributed by atoms with Gasteiger partial charge in [-0.2, -0.15) is 26.3 Å². The Morgan fingerprint density at radius 2 is 1.79 bits per heavy atom. The molecule has 0 bridgehead atoms. The van der Waals surface area contributed by atoms with Crippen LogP contribution >= 0.6 is 0 Å². The SMILES string of the molecule is COc1ccc2nccc([C@H](F)CC[C@@H]3CCN(CC#Cc4cc(C(F)(F)F)cc(C(F)(F)F)c4)C[C@@H]3C(=O)O)c2c1. The van der Waals surface area contributed by atoms with Crippen molar-refractivity contribution in [2.45, 2.75) is 37.8 Å². The summed E-state index contributed by atoms with van der Waals surface area (Å²) in [6.45, 7) is 0.411. The van der Waals surface area contributed by atoms with Crippen LogP contribution in [0, 0.1) is 23.7 Å². The molecule has 2 aromatic carbocycles. The Morgan fingerprint density at radius 1 is 1.10 bits per heavy atom. The van der Waals surface area contributed by atoms with Gasteiger partial charge in [-0.15, -0.1) is 0 Å². The van der Waals surface area contributed by atoms with E-state index in [4.69, 9.17) is 4.74 Å². The maximum atomic E-state index is 15.4. The van der Waals surface area contributed by atoms with Crippen molar-refractivity contribution in [3.05, 3.63) is 70.9 Å². The number of alkyl halides is 7. The van der Waals surface area contributed by atoms with Gasteiger partial charge < -0.3 is 9.84 Å². The zero-order valence-corrected chi connectivity index (χ0v) is 22.4. The van der Waals surface area contributed by atoms with E-state index >= 15 is 4.39 Å². The number of hydrogen-bond donors (Lipinski definition) is 1. The van der Waals surface area contributed by atoms with Crippen molar-refractivity contribution in [2.24, 2.45) is 11.8 Å². The fraction of sp³-hybridized carbons (Fsp3) is 0.400. The molecule has 1 aliphatic heterocycles. The smallest absolute Gasteiger partial charge is 0.416 e. The van der Waals surface area contributed by atoms with Crippen LogP contribution in [0.15, 0.2) is 48.7 Å². The fourth-order valence-electron chi connectivity index (χ4n) is 5.18. The van der Waals surface area contributed by atoms with Gasteiger partial charge in [0.25, 0.3) is 0 Å². The maximum absolute atomic E-state index is 15.4. The number of benzene rings is 2. The molecular weight excluding hydrogens is 569 g/mol. The molecule has 0 unspecified atom stereocenters. The largest absolute Gasteiger partial charge is 0.497 e. The van der Waals surface area contributed by atoms with E-state index in [1.165, 1.54) is 13.3 Å². The molecule has 1 N–H and O–H groups in total. The summed E-state index contributed by atoms with van der Waals surface area (Å²) in [6, 6.07) is 7.86. The van der Waals surface area contributed by atoms with Crippen molar-refractivity contribution in [2.75, 3.05) is 26.7 Å². The predicted octanol–water partition coefficient (Wildman–Crippen LogP) is 7.15. The third-order valence-corrected chi connectivity index (χ3v) is 7.39. The number of likely N-dealkylation sites (tertiary alicyclic amines) is 1. The summed E-state index contributed by atoms with van der Waals surface area (Å²) in [5.41, 5.74) is -2.33. The molecule has 2 heterocycles. The maximum Gasteiger partial charge on any atom is 0.416 e. The van der Waals surface area contributed by atoms with Gasteiger partial charge in [0, 0.05) is 23.7 Å². The monoisotopic (exact) mass is 596 g/mol. The number of rotatable bonds is 7. The van der Waals surface area contributed by atoms with Crippen molar-refractivity contribution >= 4 is 16.9 Å². The first-order valence-electron chi connectivity index (χ1n) is 13.1. The van der Waals surface area contributed by atoms with E-state index in [2.05, 4.69) is 16.8 Å². The zero-order chi connectivity index (χ0) is 30.7. The first kappa shape index (κ1) is 31.1. The van der Waals surface area contributed by atoms with Gasteiger partial charge in [-0.05, 0) is 79.8 Å². The lowest BCUT2D eigenvalue weighted by molar-refractivity contribution is -0.146. The van der Waals surface area contributed by atoms with Crippen LogP contribution < -0.4 is 4.74 Å². The van der Waals surface area contributed by atoms with Crippen LogP contribution in [0.1, 0.15) is 47.7 Å². The molecule has 1 aromatic heterocycles. The second kappa shape index (κ2) is 12.6. The van der Waals surface area contributed by atoms with Crippen LogP contribution in [0.3, 0.4) is 0 Å². The summed E-state index contributed by atoms with van der Waals surface area (Å²) in [6.07, 6.45) is -9.01. The predicted molar refractivity (Wildman–Crippen MR) is 140 cm³/mol. The van der Waals surface area contributed by atoms with E-state index in [0.717, 1.165) is 0 Å². The average molecular weight is 597 g/mol. The Bertz CT molecular complexity index is 1460. The van der Waals surface area contributed by atoms with Crippen LogP contribution in [0.4, 0.5) is 30.7 Å². The number of aromatic nitrogens is 1. The van der Waals surface area contributed by atoms with Gasteiger partial charge in [0.1, 0.15) is 11.9 Å². The number of aliphatic carboxylic acids is 1. The van der Waals surface area contributed by atoms with Crippen molar-refractivity contribution in [1.82, 2.24) is 9.88 Å². The number of piperidine rings is 1. The molecule has 0 saturated carbocycles. The first-order chi connectivity index (χ1) is 19.8. The molecule has 0 aliphatic carbocycles. The molecule has 12 heteroatoms. The normalized spacial score (nSPS) is 18.8. The molecule has 5 nitrogen and oxygen atoms in total. The highest BCUT2D eigenvalue weighted by Crippen LogP contribution is 2.37. The van der Waals surface area contributed by atoms with Gasteiger partial charge in [-0.3, -0.25) is 14.7 Å². The molecule has 0 radical (unpaired) electrons. The van der Waals surface area contributed by atoms with Gasteiger partial charge >= 0.3 is 18.3 Å². The number of carboxylic acids is 1. The minimum Gasteiger partial charge on any atom is -0.497 e. The Labute approximate surface area is 237 Å².